The second-order valence-corrected chi connectivity index (χ2v) is 5.78. The largest absolute Gasteiger partial charge is 0.355 e. The highest BCUT2D eigenvalue weighted by molar-refractivity contribution is 5.94. The minimum Gasteiger partial charge on any atom is -0.355 e. The zero-order valence-corrected chi connectivity index (χ0v) is 13.6. The van der Waals surface area contributed by atoms with E-state index in [-0.39, 0.29) is 11.8 Å². The molecule has 1 fully saturated rings. The maximum atomic E-state index is 13.2. The van der Waals surface area contributed by atoms with Crippen LogP contribution in [0.5, 0.6) is 0 Å². The normalized spacial score (nSPS) is 15.5. The summed E-state index contributed by atoms with van der Waals surface area (Å²) in [7, 11) is 0. The van der Waals surface area contributed by atoms with Crippen molar-refractivity contribution in [3.63, 3.8) is 0 Å². The molecule has 1 aromatic carbocycles. The first kappa shape index (κ1) is 17.4. The van der Waals surface area contributed by atoms with Gasteiger partial charge in [0.2, 0.25) is 5.91 Å². The summed E-state index contributed by atoms with van der Waals surface area (Å²) in [4.78, 5) is 27.8. The van der Waals surface area contributed by atoms with Crippen LogP contribution in [0.1, 0.15) is 30.1 Å². The number of hydrogen-bond acceptors (Lipinski definition) is 3. The van der Waals surface area contributed by atoms with Crippen LogP contribution < -0.4 is 5.32 Å². The molecule has 1 aromatic rings. The van der Waals surface area contributed by atoms with Gasteiger partial charge in [0, 0.05) is 38.3 Å². The van der Waals surface area contributed by atoms with Crippen molar-refractivity contribution in [2.24, 2.45) is 0 Å². The van der Waals surface area contributed by atoms with Crippen molar-refractivity contribution in [1.29, 1.82) is 0 Å². The van der Waals surface area contributed by atoms with E-state index in [2.05, 4.69) is 12.2 Å². The van der Waals surface area contributed by atoms with Gasteiger partial charge >= 0.3 is 0 Å². The summed E-state index contributed by atoms with van der Waals surface area (Å²) < 4.78 is 13.2. The number of carbonyl (C=O) groups is 2. The van der Waals surface area contributed by atoms with Crippen molar-refractivity contribution in [1.82, 2.24) is 15.1 Å². The molecule has 2 amide bonds. The van der Waals surface area contributed by atoms with E-state index >= 15 is 0 Å². The number of nitrogens with one attached hydrogen (secondary N) is 1. The lowest BCUT2D eigenvalue weighted by Gasteiger charge is -2.34. The zero-order valence-electron chi connectivity index (χ0n) is 13.6. The quantitative estimate of drug-likeness (QED) is 0.808. The van der Waals surface area contributed by atoms with Crippen LogP contribution in [-0.4, -0.2) is 60.9 Å². The highest BCUT2D eigenvalue weighted by Crippen LogP contribution is 2.10. The Kier molecular flexibility index (Phi) is 6.52. The molecule has 126 valence electrons. The molecule has 1 N–H and O–H groups in total. The maximum absolute atomic E-state index is 13.2. The number of amides is 2. The van der Waals surface area contributed by atoms with Gasteiger partial charge in [-0.25, -0.2) is 4.39 Å². The number of carbonyl (C=O) groups excluding carboxylic acids is 2. The standard InChI is InChI=1S/C17H24FN3O2/c1-2-3-7-19-16(22)13-20-8-10-21(11-9-20)17(23)14-5-4-6-15(18)12-14/h4-6,12H,2-3,7-11,13H2,1H3,(H,19,22). The molecule has 2 rings (SSSR count). The molecule has 1 aliphatic heterocycles. The molecule has 0 bridgehead atoms. The van der Waals surface area contributed by atoms with Gasteiger partial charge in [0.1, 0.15) is 5.82 Å². The smallest absolute Gasteiger partial charge is 0.254 e. The molecule has 0 atom stereocenters. The number of nitrogens with zero attached hydrogens (tertiary/aromatic N) is 2. The number of unbranched alkanes of at least 4 members (excludes halogenated alkanes) is 1. The summed E-state index contributed by atoms with van der Waals surface area (Å²) in [6.07, 6.45) is 2.04. The molecule has 0 aliphatic carbocycles. The number of benzene rings is 1. The predicted octanol–water partition coefficient (Wildman–Crippen LogP) is 1.50. The van der Waals surface area contributed by atoms with Crippen LogP contribution in [0.3, 0.4) is 0 Å². The molecule has 0 unspecified atom stereocenters. The van der Waals surface area contributed by atoms with Gasteiger partial charge in [-0.15, -0.1) is 0 Å². The average Bonchev–Trinajstić information content (AvgIpc) is 2.55. The van der Waals surface area contributed by atoms with Gasteiger partial charge in [0.25, 0.3) is 5.91 Å². The van der Waals surface area contributed by atoms with Crippen LogP contribution >= 0.6 is 0 Å². The summed E-state index contributed by atoms with van der Waals surface area (Å²) in [5, 5.41) is 2.89. The Bertz CT molecular complexity index is 542. The van der Waals surface area contributed by atoms with Gasteiger partial charge in [0.15, 0.2) is 0 Å². The van der Waals surface area contributed by atoms with Crippen LogP contribution in [0.15, 0.2) is 24.3 Å². The fourth-order valence-electron chi connectivity index (χ4n) is 2.58. The van der Waals surface area contributed by atoms with Crippen molar-refractivity contribution in [2.45, 2.75) is 19.8 Å². The Morgan fingerprint density at radius 1 is 1.22 bits per heavy atom. The van der Waals surface area contributed by atoms with E-state index < -0.39 is 5.82 Å². The Hall–Kier alpha value is -1.95. The lowest BCUT2D eigenvalue weighted by atomic mass is 10.1. The Labute approximate surface area is 136 Å². The van der Waals surface area contributed by atoms with E-state index in [9.17, 15) is 14.0 Å². The van der Waals surface area contributed by atoms with E-state index in [1.807, 2.05) is 4.90 Å². The molecule has 1 saturated heterocycles. The van der Waals surface area contributed by atoms with Gasteiger partial charge in [-0.05, 0) is 24.6 Å². The molecule has 0 saturated carbocycles. The summed E-state index contributed by atoms with van der Waals surface area (Å²) in [6.45, 7) is 5.58. The van der Waals surface area contributed by atoms with Crippen molar-refractivity contribution >= 4 is 11.8 Å². The highest BCUT2D eigenvalue weighted by Gasteiger charge is 2.23. The van der Waals surface area contributed by atoms with Gasteiger partial charge < -0.3 is 10.2 Å². The minimum absolute atomic E-state index is 0.0309. The van der Waals surface area contributed by atoms with Crippen molar-refractivity contribution in [3.8, 4) is 0 Å². The second-order valence-electron chi connectivity index (χ2n) is 5.78. The van der Waals surface area contributed by atoms with Crippen molar-refractivity contribution in [3.05, 3.63) is 35.6 Å². The molecule has 1 heterocycles. The third kappa shape index (κ3) is 5.32. The van der Waals surface area contributed by atoms with Crippen LogP contribution in [0.2, 0.25) is 0 Å². The van der Waals surface area contributed by atoms with Crippen LogP contribution in [0.4, 0.5) is 4.39 Å². The number of hydrogen-bond donors (Lipinski definition) is 1. The lowest BCUT2D eigenvalue weighted by Crippen LogP contribution is -2.51. The predicted molar refractivity (Wildman–Crippen MR) is 86.7 cm³/mol. The van der Waals surface area contributed by atoms with Crippen LogP contribution in [0, 0.1) is 5.82 Å². The fraction of sp³-hybridized carbons (Fsp3) is 0.529. The third-order valence-electron chi connectivity index (χ3n) is 3.95. The molecule has 1 aliphatic rings. The molecule has 5 nitrogen and oxygen atoms in total. The Balaban J connectivity index is 1.77. The number of halogens is 1. The monoisotopic (exact) mass is 321 g/mol. The van der Waals surface area contributed by atoms with E-state index in [0.717, 1.165) is 12.8 Å². The lowest BCUT2D eigenvalue weighted by molar-refractivity contribution is -0.122. The second kappa shape index (κ2) is 8.62. The maximum Gasteiger partial charge on any atom is 0.254 e. The third-order valence-corrected chi connectivity index (χ3v) is 3.95. The van der Waals surface area contributed by atoms with Gasteiger partial charge in [-0.2, -0.15) is 0 Å². The highest BCUT2D eigenvalue weighted by atomic mass is 19.1. The van der Waals surface area contributed by atoms with Crippen LogP contribution in [0.25, 0.3) is 0 Å². The van der Waals surface area contributed by atoms with E-state index in [4.69, 9.17) is 0 Å². The number of rotatable bonds is 6. The number of piperazine rings is 1. The van der Waals surface area contributed by atoms with Gasteiger partial charge in [-0.3, -0.25) is 14.5 Å². The zero-order chi connectivity index (χ0) is 16.7. The summed E-state index contributed by atoms with van der Waals surface area (Å²) in [5.41, 5.74) is 0.371. The molecule has 6 heteroatoms. The summed E-state index contributed by atoms with van der Waals surface area (Å²) in [5.74, 6) is -0.529. The average molecular weight is 321 g/mol. The molecule has 23 heavy (non-hydrogen) atoms. The SMILES string of the molecule is CCCCNC(=O)CN1CCN(C(=O)c2cccc(F)c2)CC1. The van der Waals surface area contributed by atoms with Gasteiger partial charge in [-0.1, -0.05) is 19.4 Å². The van der Waals surface area contributed by atoms with E-state index in [0.29, 0.717) is 44.8 Å². The van der Waals surface area contributed by atoms with E-state index in [1.54, 1.807) is 17.0 Å². The van der Waals surface area contributed by atoms with E-state index in [1.165, 1.54) is 12.1 Å². The summed E-state index contributed by atoms with van der Waals surface area (Å²) >= 11 is 0. The first-order valence-corrected chi connectivity index (χ1v) is 8.14. The Morgan fingerprint density at radius 2 is 1.96 bits per heavy atom. The molecule has 0 aromatic heterocycles. The molecule has 0 spiro atoms. The summed E-state index contributed by atoms with van der Waals surface area (Å²) in [6, 6.07) is 5.75. The first-order valence-electron chi connectivity index (χ1n) is 8.14. The topological polar surface area (TPSA) is 52.7 Å². The Morgan fingerprint density at radius 3 is 2.61 bits per heavy atom. The fourth-order valence-corrected chi connectivity index (χ4v) is 2.58. The van der Waals surface area contributed by atoms with Crippen molar-refractivity contribution < 1.29 is 14.0 Å². The van der Waals surface area contributed by atoms with Crippen LogP contribution in [-0.2, 0) is 4.79 Å². The molecule has 0 radical (unpaired) electrons. The first-order chi connectivity index (χ1) is 11.1. The van der Waals surface area contributed by atoms with Crippen molar-refractivity contribution in [2.75, 3.05) is 39.3 Å². The van der Waals surface area contributed by atoms with Gasteiger partial charge in [0.05, 0.1) is 6.54 Å². The molecular weight excluding hydrogens is 297 g/mol. The minimum atomic E-state index is -0.404. The molecular formula is C17H24FN3O2.